The van der Waals surface area contributed by atoms with Crippen LogP contribution >= 0.6 is 11.3 Å². The van der Waals surface area contributed by atoms with E-state index in [0.717, 1.165) is 17.7 Å². The van der Waals surface area contributed by atoms with Crippen molar-refractivity contribution in [2.45, 2.75) is 39.2 Å². The highest BCUT2D eigenvalue weighted by molar-refractivity contribution is 7.15. The lowest BCUT2D eigenvalue weighted by Crippen LogP contribution is -2.36. The molecule has 2 amide bonds. The van der Waals surface area contributed by atoms with E-state index in [1.807, 2.05) is 25.3 Å². The van der Waals surface area contributed by atoms with E-state index >= 15 is 0 Å². The molecular weight excluding hydrogens is 310 g/mol. The molecule has 0 spiro atoms. The number of nitrogens with one attached hydrogen (secondary N) is 2. The number of benzene rings is 1. The minimum atomic E-state index is -0.257. The Kier molecular flexibility index (Phi) is 6.55. The van der Waals surface area contributed by atoms with Gasteiger partial charge in [-0.15, -0.1) is 11.3 Å². The van der Waals surface area contributed by atoms with E-state index in [2.05, 4.69) is 34.7 Å². The molecule has 124 valence electrons. The zero-order chi connectivity index (χ0) is 16.7. The summed E-state index contributed by atoms with van der Waals surface area (Å²) in [6.07, 6.45) is 4.06. The Bertz CT molecular complexity index is 642. The Morgan fingerprint density at radius 2 is 2.17 bits per heavy atom. The number of aromatic nitrogens is 1. The number of urea groups is 1. The minimum absolute atomic E-state index is 0.0218. The summed E-state index contributed by atoms with van der Waals surface area (Å²) < 4.78 is 0. The van der Waals surface area contributed by atoms with Gasteiger partial charge in [0.05, 0.1) is 0 Å². The maximum absolute atomic E-state index is 11.9. The maximum Gasteiger partial charge on any atom is 0.321 e. The van der Waals surface area contributed by atoms with Gasteiger partial charge in [0, 0.05) is 30.1 Å². The summed E-state index contributed by atoms with van der Waals surface area (Å²) in [5, 5.41) is 15.0. The van der Waals surface area contributed by atoms with Crippen LogP contribution in [0, 0.1) is 6.92 Å². The lowest BCUT2D eigenvalue weighted by molar-refractivity contribution is 0.245. The van der Waals surface area contributed by atoms with Crippen molar-refractivity contribution in [2.75, 3.05) is 11.9 Å². The zero-order valence-electron chi connectivity index (χ0n) is 13.5. The van der Waals surface area contributed by atoms with E-state index in [1.54, 1.807) is 0 Å². The number of aliphatic hydroxyl groups excluding tert-OH is 1. The number of aryl methyl sites for hydroxylation is 1. The number of thiazole rings is 1. The molecule has 0 aliphatic heterocycles. The summed E-state index contributed by atoms with van der Waals surface area (Å²) in [6.45, 7) is 4.15. The van der Waals surface area contributed by atoms with Crippen LogP contribution in [-0.2, 0) is 6.42 Å². The normalized spacial score (nSPS) is 12.0. The molecule has 0 saturated heterocycles. The highest BCUT2D eigenvalue weighted by Crippen LogP contribution is 2.22. The molecule has 2 aromatic rings. The monoisotopic (exact) mass is 333 g/mol. The Morgan fingerprint density at radius 3 is 2.91 bits per heavy atom. The molecule has 1 atom stereocenters. The van der Waals surface area contributed by atoms with Gasteiger partial charge >= 0.3 is 6.03 Å². The van der Waals surface area contributed by atoms with Crippen LogP contribution in [0.5, 0.6) is 0 Å². The summed E-state index contributed by atoms with van der Waals surface area (Å²) in [7, 11) is 0. The maximum atomic E-state index is 11.9. The number of rotatable bonds is 7. The van der Waals surface area contributed by atoms with Gasteiger partial charge < -0.3 is 10.4 Å². The van der Waals surface area contributed by atoms with Crippen molar-refractivity contribution >= 4 is 22.5 Å². The van der Waals surface area contributed by atoms with Gasteiger partial charge in [-0.3, -0.25) is 5.32 Å². The molecule has 2 rings (SSSR count). The number of aliphatic hydroxyl groups is 1. The van der Waals surface area contributed by atoms with E-state index < -0.39 is 0 Å². The molecule has 6 heteroatoms. The van der Waals surface area contributed by atoms with Gasteiger partial charge in [0.1, 0.15) is 0 Å². The summed E-state index contributed by atoms with van der Waals surface area (Å²) in [4.78, 5) is 17.3. The molecular formula is C17H23N3O2S. The van der Waals surface area contributed by atoms with E-state index in [-0.39, 0.29) is 18.7 Å². The Labute approximate surface area is 140 Å². The number of carbonyl (C=O) groups is 1. The fourth-order valence-corrected chi connectivity index (χ4v) is 3.10. The highest BCUT2D eigenvalue weighted by atomic mass is 32.1. The van der Waals surface area contributed by atoms with Crippen LogP contribution in [0.15, 0.2) is 30.5 Å². The predicted octanol–water partition coefficient (Wildman–Crippen LogP) is 3.32. The molecule has 0 aliphatic rings. The van der Waals surface area contributed by atoms with Crippen LogP contribution in [0.4, 0.5) is 9.93 Å². The van der Waals surface area contributed by atoms with Crippen LogP contribution in [-0.4, -0.2) is 28.8 Å². The lowest BCUT2D eigenvalue weighted by Gasteiger charge is -2.12. The molecule has 5 nitrogen and oxygen atoms in total. The number of anilines is 1. The first-order chi connectivity index (χ1) is 11.1. The smallest absolute Gasteiger partial charge is 0.321 e. The summed E-state index contributed by atoms with van der Waals surface area (Å²) in [5.74, 6) is 0. The topological polar surface area (TPSA) is 74.2 Å². The van der Waals surface area contributed by atoms with Crippen molar-refractivity contribution in [1.29, 1.82) is 0 Å². The molecule has 23 heavy (non-hydrogen) atoms. The minimum Gasteiger partial charge on any atom is -0.396 e. The number of carbonyl (C=O) groups excluding carboxylic acids is 1. The number of hydrogen-bond donors (Lipinski definition) is 3. The van der Waals surface area contributed by atoms with Crippen molar-refractivity contribution < 1.29 is 9.90 Å². The Balaban J connectivity index is 1.87. The van der Waals surface area contributed by atoms with Gasteiger partial charge in [-0.1, -0.05) is 24.3 Å². The van der Waals surface area contributed by atoms with Crippen LogP contribution in [0.1, 0.15) is 35.8 Å². The predicted molar refractivity (Wildman–Crippen MR) is 94.0 cm³/mol. The molecule has 1 heterocycles. The highest BCUT2D eigenvalue weighted by Gasteiger charge is 2.10. The number of hydrogen-bond acceptors (Lipinski definition) is 4. The first-order valence-corrected chi connectivity index (χ1v) is 8.57. The van der Waals surface area contributed by atoms with Gasteiger partial charge in [-0.25, -0.2) is 9.78 Å². The van der Waals surface area contributed by atoms with Gasteiger partial charge in [0.25, 0.3) is 0 Å². The summed E-state index contributed by atoms with van der Waals surface area (Å²) in [6, 6.07) is 8.03. The van der Waals surface area contributed by atoms with Gasteiger partial charge in [0.15, 0.2) is 5.13 Å². The quantitative estimate of drug-likeness (QED) is 0.727. The van der Waals surface area contributed by atoms with Gasteiger partial charge in [0.2, 0.25) is 0 Å². The molecule has 3 N–H and O–H groups in total. The van der Waals surface area contributed by atoms with Crippen molar-refractivity contribution in [3.63, 3.8) is 0 Å². The first kappa shape index (κ1) is 17.4. The van der Waals surface area contributed by atoms with Crippen LogP contribution in [0.2, 0.25) is 0 Å². The average molecular weight is 333 g/mol. The SMILES string of the molecule is Cc1ccccc1Cc1cnc(NC(=O)NC(C)CCCO)s1. The second-order valence-electron chi connectivity index (χ2n) is 5.60. The fraction of sp³-hybridized carbons (Fsp3) is 0.412. The number of amides is 2. The molecule has 0 radical (unpaired) electrons. The molecule has 1 aromatic heterocycles. The molecule has 0 bridgehead atoms. The van der Waals surface area contributed by atoms with Gasteiger partial charge in [-0.2, -0.15) is 0 Å². The lowest BCUT2D eigenvalue weighted by atomic mass is 10.1. The zero-order valence-corrected chi connectivity index (χ0v) is 14.3. The fourth-order valence-electron chi connectivity index (χ4n) is 2.27. The van der Waals surface area contributed by atoms with Crippen molar-refractivity contribution in [1.82, 2.24) is 10.3 Å². The second kappa shape index (κ2) is 8.64. The Hall–Kier alpha value is -1.92. The van der Waals surface area contributed by atoms with E-state index in [0.29, 0.717) is 11.6 Å². The van der Waals surface area contributed by atoms with E-state index in [1.165, 1.54) is 22.5 Å². The molecule has 0 saturated carbocycles. The van der Waals surface area contributed by atoms with E-state index in [9.17, 15) is 4.79 Å². The standard InChI is InChI=1S/C17H23N3O2S/c1-12-6-3-4-8-14(12)10-15-11-18-17(23-15)20-16(22)19-13(2)7-5-9-21/h3-4,6,8,11,13,21H,5,7,9-10H2,1-2H3,(H2,18,19,20,22). The molecule has 0 fully saturated rings. The Morgan fingerprint density at radius 1 is 1.39 bits per heavy atom. The van der Waals surface area contributed by atoms with Crippen LogP contribution < -0.4 is 10.6 Å². The molecule has 1 aromatic carbocycles. The summed E-state index contributed by atoms with van der Waals surface area (Å²) >= 11 is 1.49. The van der Waals surface area contributed by atoms with Crippen molar-refractivity contribution in [3.05, 3.63) is 46.5 Å². The second-order valence-corrected chi connectivity index (χ2v) is 6.72. The van der Waals surface area contributed by atoms with Crippen molar-refractivity contribution in [3.8, 4) is 0 Å². The molecule has 0 aliphatic carbocycles. The molecule has 1 unspecified atom stereocenters. The third kappa shape index (κ3) is 5.65. The van der Waals surface area contributed by atoms with Crippen LogP contribution in [0.25, 0.3) is 0 Å². The third-order valence-electron chi connectivity index (χ3n) is 3.57. The average Bonchev–Trinajstić information content (AvgIpc) is 2.94. The van der Waals surface area contributed by atoms with Crippen LogP contribution in [0.3, 0.4) is 0 Å². The third-order valence-corrected chi connectivity index (χ3v) is 4.49. The first-order valence-electron chi connectivity index (χ1n) is 7.76. The largest absolute Gasteiger partial charge is 0.396 e. The van der Waals surface area contributed by atoms with E-state index in [4.69, 9.17) is 5.11 Å². The summed E-state index contributed by atoms with van der Waals surface area (Å²) in [5.41, 5.74) is 2.52. The number of nitrogens with zero attached hydrogens (tertiary/aromatic N) is 1. The van der Waals surface area contributed by atoms with Crippen molar-refractivity contribution in [2.24, 2.45) is 0 Å². The van der Waals surface area contributed by atoms with Gasteiger partial charge in [-0.05, 0) is 37.8 Å².